The summed E-state index contributed by atoms with van der Waals surface area (Å²) in [5.41, 5.74) is 5.03. The van der Waals surface area contributed by atoms with Crippen LogP contribution in [0.1, 0.15) is 33.6 Å². The van der Waals surface area contributed by atoms with E-state index in [1.54, 1.807) is 0 Å². The zero-order valence-electron chi connectivity index (χ0n) is 8.54. The lowest BCUT2D eigenvalue weighted by atomic mass is 10.1. The summed E-state index contributed by atoms with van der Waals surface area (Å²) in [5.74, 6) is 0. The molecule has 1 saturated heterocycles. The van der Waals surface area contributed by atoms with Gasteiger partial charge in [0.15, 0.2) is 6.23 Å². The lowest BCUT2D eigenvalue weighted by molar-refractivity contribution is -0.0272. The molecule has 4 heteroatoms. The average Bonchev–Trinajstić information content (AvgIpc) is 2.31. The molecule has 0 aromatic heterocycles. The first kappa shape index (κ1) is 10.3. The second kappa shape index (κ2) is 3.54. The Kier molecular flexibility index (Phi) is 2.81. The minimum absolute atomic E-state index is 0.0383. The van der Waals surface area contributed by atoms with Gasteiger partial charge in [0.2, 0.25) is 0 Å². The van der Waals surface area contributed by atoms with Crippen molar-refractivity contribution >= 4 is 6.09 Å². The third-order valence-electron chi connectivity index (χ3n) is 2.31. The van der Waals surface area contributed by atoms with Crippen LogP contribution in [-0.2, 0) is 4.74 Å². The Morgan fingerprint density at radius 2 is 2.15 bits per heavy atom. The molecule has 4 nitrogen and oxygen atoms in total. The van der Waals surface area contributed by atoms with Crippen molar-refractivity contribution in [3.63, 3.8) is 0 Å². The van der Waals surface area contributed by atoms with Gasteiger partial charge < -0.3 is 10.5 Å². The highest BCUT2D eigenvalue weighted by atomic mass is 16.6. The Hall–Kier alpha value is -0.770. The van der Waals surface area contributed by atoms with Crippen molar-refractivity contribution in [2.45, 2.75) is 45.4 Å². The smallest absolute Gasteiger partial charge is 0.406 e. The minimum atomic E-state index is -0.679. The second-order valence-electron chi connectivity index (χ2n) is 4.40. The molecule has 13 heavy (non-hydrogen) atoms. The molecule has 0 aromatic carbocycles. The third kappa shape index (κ3) is 2.59. The number of amides is 1. The molecule has 76 valence electrons. The van der Waals surface area contributed by atoms with Crippen LogP contribution < -0.4 is 5.73 Å². The zero-order chi connectivity index (χ0) is 10.1. The standard InChI is InChI=1S/C9H18N2O2/c1-9(2,3)11-6-4-5-7(11)13-8(10)12/h7H,4-6H2,1-3H3,(H2,10,12)/t7-/m0/s1. The summed E-state index contributed by atoms with van der Waals surface area (Å²) in [6, 6.07) is 0. The second-order valence-corrected chi connectivity index (χ2v) is 4.40. The first-order valence-corrected chi connectivity index (χ1v) is 4.64. The molecule has 1 amide bonds. The fourth-order valence-corrected chi connectivity index (χ4v) is 1.76. The molecule has 1 fully saturated rings. The van der Waals surface area contributed by atoms with E-state index in [1.807, 2.05) is 0 Å². The van der Waals surface area contributed by atoms with Gasteiger partial charge in [0.1, 0.15) is 0 Å². The van der Waals surface area contributed by atoms with Gasteiger partial charge in [0.25, 0.3) is 0 Å². The first-order chi connectivity index (χ1) is 5.91. The van der Waals surface area contributed by atoms with Gasteiger partial charge in [-0.3, -0.25) is 4.90 Å². The van der Waals surface area contributed by atoms with Gasteiger partial charge in [0.05, 0.1) is 0 Å². The normalized spacial score (nSPS) is 24.7. The maximum Gasteiger partial charge on any atom is 0.406 e. The molecule has 0 aliphatic carbocycles. The summed E-state index contributed by atoms with van der Waals surface area (Å²) < 4.78 is 5.02. The van der Waals surface area contributed by atoms with E-state index in [9.17, 15) is 4.79 Å². The number of carbonyl (C=O) groups excluding carboxylic acids is 1. The average molecular weight is 186 g/mol. The van der Waals surface area contributed by atoms with E-state index in [2.05, 4.69) is 25.7 Å². The lowest BCUT2D eigenvalue weighted by Crippen LogP contribution is -2.46. The predicted octanol–water partition coefficient (Wildman–Crippen LogP) is 1.30. The monoisotopic (exact) mass is 186 g/mol. The van der Waals surface area contributed by atoms with Gasteiger partial charge >= 0.3 is 6.09 Å². The number of primary amides is 1. The van der Waals surface area contributed by atoms with Crippen LogP contribution in [0.2, 0.25) is 0 Å². The van der Waals surface area contributed by atoms with Crippen molar-refractivity contribution in [3.05, 3.63) is 0 Å². The van der Waals surface area contributed by atoms with Crippen LogP contribution in [0.15, 0.2) is 0 Å². The highest BCUT2D eigenvalue weighted by Crippen LogP contribution is 2.26. The van der Waals surface area contributed by atoms with Crippen molar-refractivity contribution in [3.8, 4) is 0 Å². The Morgan fingerprint density at radius 1 is 1.54 bits per heavy atom. The van der Waals surface area contributed by atoms with Crippen LogP contribution in [-0.4, -0.2) is 29.3 Å². The number of hydrogen-bond donors (Lipinski definition) is 1. The summed E-state index contributed by atoms with van der Waals surface area (Å²) in [7, 11) is 0. The quantitative estimate of drug-likeness (QED) is 0.671. The molecule has 0 unspecified atom stereocenters. The van der Waals surface area contributed by atoms with E-state index in [4.69, 9.17) is 10.5 Å². The maximum atomic E-state index is 10.6. The molecular weight excluding hydrogens is 168 g/mol. The predicted molar refractivity (Wildman–Crippen MR) is 50.1 cm³/mol. The highest BCUT2D eigenvalue weighted by Gasteiger charge is 2.34. The van der Waals surface area contributed by atoms with E-state index in [0.717, 1.165) is 19.4 Å². The molecule has 1 aliphatic rings. The Balaban J connectivity index is 2.59. The fraction of sp³-hybridized carbons (Fsp3) is 0.889. The van der Waals surface area contributed by atoms with Crippen molar-refractivity contribution in [1.82, 2.24) is 4.90 Å². The van der Waals surface area contributed by atoms with Crippen molar-refractivity contribution in [2.24, 2.45) is 5.73 Å². The van der Waals surface area contributed by atoms with Gasteiger partial charge in [-0.1, -0.05) is 0 Å². The zero-order valence-corrected chi connectivity index (χ0v) is 8.54. The summed E-state index contributed by atoms with van der Waals surface area (Å²) in [6.45, 7) is 7.29. The Morgan fingerprint density at radius 3 is 2.62 bits per heavy atom. The highest BCUT2D eigenvalue weighted by molar-refractivity contribution is 5.64. The van der Waals surface area contributed by atoms with Crippen molar-refractivity contribution in [2.75, 3.05) is 6.54 Å². The van der Waals surface area contributed by atoms with E-state index in [0.29, 0.717) is 0 Å². The molecule has 0 spiro atoms. The number of rotatable bonds is 1. The van der Waals surface area contributed by atoms with Crippen LogP contribution >= 0.6 is 0 Å². The molecule has 0 radical (unpaired) electrons. The van der Waals surface area contributed by atoms with Crippen LogP contribution in [0.4, 0.5) is 4.79 Å². The summed E-state index contributed by atoms with van der Waals surface area (Å²) in [6.07, 6.45) is 1.15. The molecule has 1 rings (SSSR count). The van der Waals surface area contributed by atoms with Crippen molar-refractivity contribution in [1.29, 1.82) is 0 Å². The summed E-state index contributed by atoms with van der Waals surface area (Å²) in [4.78, 5) is 12.8. The third-order valence-corrected chi connectivity index (χ3v) is 2.31. The van der Waals surface area contributed by atoms with Gasteiger partial charge in [-0.05, 0) is 33.6 Å². The maximum absolute atomic E-state index is 10.6. The van der Waals surface area contributed by atoms with E-state index < -0.39 is 6.09 Å². The molecule has 2 N–H and O–H groups in total. The van der Waals surface area contributed by atoms with E-state index in [1.165, 1.54) is 0 Å². The van der Waals surface area contributed by atoms with Gasteiger partial charge in [-0.15, -0.1) is 0 Å². The number of carbonyl (C=O) groups is 1. The molecular formula is C9H18N2O2. The van der Waals surface area contributed by atoms with Gasteiger partial charge in [-0.2, -0.15) is 0 Å². The van der Waals surface area contributed by atoms with E-state index >= 15 is 0 Å². The Labute approximate surface area is 79.0 Å². The number of nitrogens with two attached hydrogens (primary N) is 1. The van der Waals surface area contributed by atoms with Gasteiger partial charge in [0, 0.05) is 12.1 Å². The molecule has 1 heterocycles. The first-order valence-electron chi connectivity index (χ1n) is 4.64. The number of likely N-dealkylation sites (tertiary alicyclic amines) is 1. The van der Waals surface area contributed by atoms with Crippen LogP contribution in [0.5, 0.6) is 0 Å². The lowest BCUT2D eigenvalue weighted by Gasteiger charge is -2.35. The summed E-state index contributed by atoms with van der Waals surface area (Å²) in [5, 5.41) is 0. The number of hydrogen-bond acceptors (Lipinski definition) is 3. The van der Waals surface area contributed by atoms with E-state index in [-0.39, 0.29) is 11.8 Å². The molecule has 1 aliphatic heterocycles. The minimum Gasteiger partial charge on any atom is -0.430 e. The van der Waals surface area contributed by atoms with Crippen LogP contribution in [0, 0.1) is 0 Å². The SMILES string of the molecule is CC(C)(C)N1CCC[C@@H]1OC(N)=O. The molecule has 1 atom stereocenters. The van der Waals surface area contributed by atoms with Crippen molar-refractivity contribution < 1.29 is 9.53 Å². The Bertz CT molecular complexity index is 198. The molecule has 0 aromatic rings. The molecule has 0 bridgehead atoms. The van der Waals surface area contributed by atoms with Crippen LogP contribution in [0.3, 0.4) is 0 Å². The molecule has 0 saturated carbocycles. The van der Waals surface area contributed by atoms with Crippen LogP contribution in [0.25, 0.3) is 0 Å². The largest absolute Gasteiger partial charge is 0.430 e. The summed E-state index contributed by atoms with van der Waals surface area (Å²) >= 11 is 0. The number of nitrogens with zero attached hydrogens (tertiary/aromatic N) is 1. The fourth-order valence-electron chi connectivity index (χ4n) is 1.76. The topological polar surface area (TPSA) is 55.6 Å². The number of ether oxygens (including phenoxy) is 1. The van der Waals surface area contributed by atoms with Gasteiger partial charge in [-0.25, -0.2) is 4.79 Å².